The molecule has 0 radical (unpaired) electrons. The molecule has 2 bridgehead atoms. The molecule has 1 amide bonds. The van der Waals surface area contributed by atoms with Crippen molar-refractivity contribution in [1.29, 1.82) is 0 Å². The molecule has 2 aliphatic rings. The standard InChI is InChI=1S/C22H30N4OSi/c1-26-17-6-5-7-18(26)14-16(13-17)23-22(27)21-19-12-15(10-11-28(2,3)4)8-9-20(19)24-25-21/h8-9,12,16-18H,5-7,13-14H2,1-4H3,(H,23,27)(H,24,25). The van der Waals surface area contributed by atoms with Crippen LogP contribution < -0.4 is 5.32 Å². The van der Waals surface area contributed by atoms with Crippen LogP contribution in [0.25, 0.3) is 10.9 Å². The average molecular weight is 395 g/mol. The lowest BCUT2D eigenvalue weighted by Gasteiger charge is -2.47. The zero-order valence-electron chi connectivity index (χ0n) is 17.3. The van der Waals surface area contributed by atoms with Gasteiger partial charge in [-0.1, -0.05) is 32.0 Å². The molecular formula is C22H30N4OSi. The number of nitrogens with zero attached hydrogens (tertiary/aromatic N) is 2. The molecule has 4 rings (SSSR count). The Kier molecular flexibility index (Phi) is 5.07. The van der Waals surface area contributed by atoms with Crippen LogP contribution >= 0.6 is 0 Å². The van der Waals surface area contributed by atoms with Gasteiger partial charge in [0.15, 0.2) is 5.69 Å². The third kappa shape index (κ3) is 4.01. The van der Waals surface area contributed by atoms with Gasteiger partial charge in [-0.3, -0.25) is 9.89 Å². The summed E-state index contributed by atoms with van der Waals surface area (Å²) < 4.78 is 0. The van der Waals surface area contributed by atoms with Crippen molar-refractivity contribution in [3.63, 3.8) is 0 Å². The van der Waals surface area contributed by atoms with Crippen molar-refractivity contribution < 1.29 is 4.79 Å². The van der Waals surface area contributed by atoms with Crippen molar-refractivity contribution in [1.82, 2.24) is 20.4 Å². The van der Waals surface area contributed by atoms with E-state index in [-0.39, 0.29) is 11.9 Å². The number of rotatable bonds is 2. The third-order valence-electron chi connectivity index (χ3n) is 6.03. The monoisotopic (exact) mass is 394 g/mol. The summed E-state index contributed by atoms with van der Waals surface area (Å²) in [4.78, 5) is 15.5. The van der Waals surface area contributed by atoms with E-state index in [9.17, 15) is 4.79 Å². The van der Waals surface area contributed by atoms with E-state index in [0.717, 1.165) is 29.3 Å². The lowest BCUT2D eigenvalue weighted by molar-refractivity contribution is 0.0462. The number of aromatic amines is 1. The maximum Gasteiger partial charge on any atom is 0.272 e. The molecule has 0 spiro atoms. The quantitative estimate of drug-likeness (QED) is 0.605. The summed E-state index contributed by atoms with van der Waals surface area (Å²) in [6, 6.07) is 7.38. The van der Waals surface area contributed by atoms with Crippen LogP contribution in [0.4, 0.5) is 0 Å². The third-order valence-corrected chi connectivity index (χ3v) is 6.91. The summed E-state index contributed by atoms with van der Waals surface area (Å²) in [5, 5.41) is 11.4. The Morgan fingerprint density at radius 1 is 1.25 bits per heavy atom. The van der Waals surface area contributed by atoms with Crippen molar-refractivity contribution in [2.24, 2.45) is 0 Å². The Hall–Kier alpha value is -2.10. The Morgan fingerprint density at radius 2 is 1.96 bits per heavy atom. The molecule has 1 aromatic carbocycles. The fraction of sp³-hybridized carbons (Fsp3) is 0.545. The first-order valence-electron chi connectivity index (χ1n) is 10.3. The van der Waals surface area contributed by atoms with Gasteiger partial charge in [-0.15, -0.1) is 5.54 Å². The molecule has 28 heavy (non-hydrogen) atoms. The number of nitrogens with one attached hydrogen (secondary N) is 2. The van der Waals surface area contributed by atoms with Crippen LogP contribution in [0.1, 0.15) is 48.2 Å². The lowest BCUT2D eigenvalue weighted by Crippen LogP contribution is -2.55. The Morgan fingerprint density at radius 3 is 2.64 bits per heavy atom. The molecule has 6 heteroatoms. The number of carbonyl (C=O) groups excluding carboxylic acids is 1. The number of carbonyl (C=O) groups is 1. The molecule has 3 heterocycles. The minimum atomic E-state index is -1.44. The van der Waals surface area contributed by atoms with Gasteiger partial charge < -0.3 is 10.2 Å². The molecule has 5 nitrogen and oxygen atoms in total. The topological polar surface area (TPSA) is 61.0 Å². The van der Waals surface area contributed by atoms with Gasteiger partial charge >= 0.3 is 0 Å². The minimum absolute atomic E-state index is 0.0748. The summed E-state index contributed by atoms with van der Waals surface area (Å²) in [5.74, 6) is 3.20. The summed E-state index contributed by atoms with van der Waals surface area (Å²) in [5.41, 5.74) is 5.69. The first-order valence-corrected chi connectivity index (χ1v) is 13.8. The Bertz CT molecular complexity index is 935. The van der Waals surface area contributed by atoms with Crippen LogP contribution in [-0.2, 0) is 0 Å². The van der Waals surface area contributed by atoms with E-state index >= 15 is 0 Å². The lowest BCUT2D eigenvalue weighted by atomic mass is 9.82. The minimum Gasteiger partial charge on any atom is -0.348 e. The average Bonchev–Trinajstić information content (AvgIpc) is 3.03. The SMILES string of the molecule is CN1C2CCCC1CC(NC(=O)c1n[nH]c3ccc(C#C[Si](C)(C)C)cc13)C2. The highest BCUT2D eigenvalue weighted by Gasteiger charge is 2.36. The summed E-state index contributed by atoms with van der Waals surface area (Å²) in [7, 11) is 0.792. The van der Waals surface area contributed by atoms with Crippen LogP contribution in [-0.4, -0.2) is 54.3 Å². The first-order chi connectivity index (χ1) is 13.3. The number of fused-ring (bicyclic) bond motifs is 3. The van der Waals surface area contributed by atoms with E-state index < -0.39 is 8.07 Å². The second kappa shape index (κ2) is 7.38. The van der Waals surface area contributed by atoms with Gasteiger partial charge in [0.2, 0.25) is 0 Å². The molecule has 1 aromatic heterocycles. The van der Waals surface area contributed by atoms with Crippen molar-refractivity contribution >= 4 is 24.9 Å². The van der Waals surface area contributed by atoms with Crippen LogP contribution in [0.15, 0.2) is 18.2 Å². The van der Waals surface area contributed by atoms with Gasteiger partial charge in [-0.05, 0) is 50.9 Å². The number of hydrogen-bond donors (Lipinski definition) is 2. The highest BCUT2D eigenvalue weighted by atomic mass is 28.3. The van der Waals surface area contributed by atoms with Crippen LogP contribution in [0.5, 0.6) is 0 Å². The maximum atomic E-state index is 13.0. The smallest absolute Gasteiger partial charge is 0.272 e. The Labute approximate surface area is 168 Å². The zero-order chi connectivity index (χ0) is 19.9. The molecule has 2 fully saturated rings. The number of amides is 1. The molecule has 148 valence electrons. The predicted octanol–water partition coefficient (Wildman–Crippen LogP) is 3.54. The van der Waals surface area contributed by atoms with Gasteiger partial charge in [0.1, 0.15) is 8.07 Å². The molecule has 2 aromatic rings. The summed E-state index contributed by atoms with van der Waals surface area (Å²) in [6.45, 7) is 6.69. The molecule has 2 aliphatic heterocycles. The second-order valence-corrected chi connectivity index (χ2v) is 14.1. The van der Waals surface area contributed by atoms with Crippen LogP contribution in [0, 0.1) is 11.5 Å². The van der Waals surface area contributed by atoms with Crippen molar-refractivity contribution in [3.05, 3.63) is 29.5 Å². The van der Waals surface area contributed by atoms with Gasteiger partial charge in [0.25, 0.3) is 5.91 Å². The number of benzene rings is 1. The number of aromatic nitrogens is 2. The number of hydrogen-bond acceptors (Lipinski definition) is 3. The molecule has 2 atom stereocenters. The summed E-state index contributed by atoms with van der Waals surface area (Å²) >= 11 is 0. The molecule has 0 saturated carbocycles. The van der Waals surface area contributed by atoms with E-state index in [2.05, 4.69) is 58.6 Å². The van der Waals surface area contributed by atoms with Gasteiger partial charge in [0, 0.05) is 29.1 Å². The van der Waals surface area contributed by atoms with Crippen molar-refractivity contribution in [3.8, 4) is 11.5 Å². The fourth-order valence-electron chi connectivity index (χ4n) is 4.51. The van der Waals surface area contributed by atoms with Gasteiger partial charge in [-0.2, -0.15) is 5.10 Å². The molecule has 2 saturated heterocycles. The first kappa shape index (κ1) is 19.2. The number of piperidine rings is 2. The van der Waals surface area contributed by atoms with E-state index in [1.807, 2.05) is 18.2 Å². The largest absolute Gasteiger partial charge is 0.348 e. The fourth-order valence-corrected chi connectivity index (χ4v) is 5.03. The Balaban J connectivity index is 1.53. The van der Waals surface area contributed by atoms with E-state index in [0.29, 0.717) is 17.8 Å². The highest BCUT2D eigenvalue weighted by Crippen LogP contribution is 2.32. The van der Waals surface area contributed by atoms with Gasteiger partial charge in [0.05, 0.1) is 5.52 Å². The maximum absolute atomic E-state index is 13.0. The van der Waals surface area contributed by atoms with Crippen LogP contribution in [0.2, 0.25) is 19.6 Å². The van der Waals surface area contributed by atoms with Gasteiger partial charge in [-0.25, -0.2) is 0 Å². The highest BCUT2D eigenvalue weighted by molar-refractivity contribution is 6.83. The normalized spacial score (nSPS) is 25.2. The molecule has 2 N–H and O–H groups in total. The van der Waals surface area contributed by atoms with Crippen molar-refractivity contribution in [2.75, 3.05) is 7.05 Å². The second-order valence-electron chi connectivity index (χ2n) is 9.38. The molecular weight excluding hydrogens is 364 g/mol. The number of H-pyrrole nitrogens is 1. The zero-order valence-corrected chi connectivity index (χ0v) is 18.3. The van der Waals surface area contributed by atoms with E-state index in [1.165, 1.54) is 19.3 Å². The van der Waals surface area contributed by atoms with Crippen LogP contribution in [0.3, 0.4) is 0 Å². The summed E-state index contributed by atoms with van der Waals surface area (Å²) in [6.07, 6.45) is 5.86. The molecule has 0 aliphatic carbocycles. The molecule has 2 unspecified atom stereocenters. The van der Waals surface area contributed by atoms with E-state index in [4.69, 9.17) is 0 Å². The van der Waals surface area contributed by atoms with E-state index in [1.54, 1.807) is 0 Å². The van der Waals surface area contributed by atoms with Crippen molar-refractivity contribution in [2.45, 2.75) is 69.9 Å². The predicted molar refractivity (Wildman–Crippen MR) is 116 cm³/mol.